The van der Waals surface area contributed by atoms with Crippen LogP contribution in [0, 0.1) is 0 Å². The van der Waals surface area contributed by atoms with Gasteiger partial charge in [-0.1, -0.05) is 12.1 Å². The largest absolute Gasteiger partial charge is 0.479 e. The van der Waals surface area contributed by atoms with Crippen LogP contribution in [0.1, 0.15) is 17.2 Å². The predicted molar refractivity (Wildman–Crippen MR) is 56.8 cm³/mol. The summed E-state index contributed by atoms with van der Waals surface area (Å²) in [6.45, 7) is -0.0776. The molecule has 0 aliphatic rings. The summed E-state index contributed by atoms with van der Waals surface area (Å²) in [5, 5.41) is 27.7. The van der Waals surface area contributed by atoms with Gasteiger partial charge in [0, 0.05) is 22.7 Å². The smallest absolute Gasteiger partial charge is 0.337 e. The van der Waals surface area contributed by atoms with Crippen LogP contribution in [0.2, 0.25) is 0 Å². The van der Waals surface area contributed by atoms with Crippen LogP contribution >= 0.6 is 0 Å². The SMILES string of the molecule is O=C(O)C(O)c1c[nH]c2cc(CO)ccc12. The van der Waals surface area contributed by atoms with Crippen molar-refractivity contribution in [1.82, 2.24) is 4.98 Å². The number of carboxylic acids is 1. The van der Waals surface area contributed by atoms with Gasteiger partial charge in [-0.15, -0.1) is 0 Å². The summed E-state index contributed by atoms with van der Waals surface area (Å²) in [5.74, 6) is -1.29. The van der Waals surface area contributed by atoms with Crippen molar-refractivity contribution in [1.29, 1.82) is 0 Å². The molecule has 0 radical (unpaired) electrons. The second-order valence-electron chi connectivity index (χ2n) is 3.52. The quantitative estimate of drug-likeness (QED) is 0.616. The molecule has 0 aliphatic carbocycles. The highest BCUT2D eigenvalue weighted by atomic mass is 16.4. The molecule has 0 saturated heterocycles. The fourth-order valence-electron chi connectivity index (χ4n) is 1.65. The number of H-pyrrole nitrogens is 1. The summed E-state index contributed by atoms with van der Waals surface area (Å²) >= 11 is 0. The van der Waals surface area contributed by atoms with Crippen molar-refractivity contribution in [3.05, 3.63) is 35.5 Å². The highest BCUT2D eigenvalue weighted by Gasteiger charge is 2.19. The lowest BCUT2D eigenvalue weighted by atomic mass is 10.1. The number of aliphatic carboxylic acids is 1. The summed E-state index contributed by atoms with van der Waals surface area (Å²) in [6, 6.07) is 5.08. The number of aliphatic hydroxyl groups is 2. The molecule has 1 heterocycles. The van der Waals surface area contributed by atoms with E-state index < -0.39 is 12.1 Å². The first-order chi connectivity index (χ1) is 7.63. The first-order valence-corrected chi connectivity index (χ1v) is 4.75. The number of aliphatic hydroxyl groups excluding tert-OH is 2. The second-order valence-corrected chi connectivity index (χ2v) is 3.52. The Morgan fingerprint density at radius 3 is 2.81 bits per heavy atom. The number of hydrogen-bond acceptors (Lipinski definition) is 3. The summed E-state index contributed by atoms with van der Waals surface area (Å²) in [5.41, 5.74) is 1.75. The molecular weight excluding hydrogens is 210 g/mol. The number of fused-ring (bicyclic) bond motifs is 1. The van der Waals surface area contributed by atoms with Crippen molar-refractivity contribution >= 4 is 16.9 Å². The number of hydrogen-bond donors (Lipinski definition) is 4. The molecule has 1 unspecified atom stereocenters. The number of carboxylic acid groups (broad SMARTS) is 1. The predicted octanol–water partition coefficient (Wildman–Crippen LogP) is 0.778. The number of carbonyl (C=O) groups is 1. The second kappa shape index (κ2) is 3.96. The molecule has 0 fully saturated rings. The Kier molecular flexibility index (Phi) is 2.64. The normalized spacial score (nSPS) is 12.9. The molecule has 0 aliphatic heterocycles. The molecule has 1 aromatic carbocycles. The lowest BCUT2D eigenvalue weighted by Gasteiger charge is -2.03. The summed E-state index contributed by atoms with van der Waals surface area (Å²) in [7, 11) is 0. The molecule has 84 valence electrons. The lowest BCUT2D eigenvalue weighted by Crippen LogP contribution is -2.09. The third kappa shape index (κ3) is 1.66. The molecule has 2 rings (SSSR count). The fourth-order valence-corrected chi connectivity index (χ4v) is 1.65. The van der Waals surface area contributed by atoms with Gasteiger partial charge in [-0.25, -0.2) is 4.79 Å². The minimum absolute atomic E-state index is 0.0776. The Morgan fingerprint density at radius 1 is 1.44 bits per heavy atom. The van der Waals surface area contributed by atoms with Gasteiger partial charge < -0.3 is 20.3 Å². The maximum atomic E-state index is 10.7. The molecule has 0 spiro atoms. The molecule has 5 nitrogen and oxygen atoms in total. The van der Waals surface area contributed by atoms with E-state index in [2.05, 4.69) is 4.98 Å². The number of aromatic nitrogens is 1. The van der Waals surface area contributed by atoms with E-state index in [9.17, 15) is 9.90 Å². The molecular formula is C11H11NO4. The van der Waals surface area contributed by atoms with Gasteiger partial charge in [0.05, 0.1) is 6.61 Å². The van der Waals surface area contributed by atoms with Gasteiger partial charge in [0.1, 0.15) is 0 Å². The molecule has 0 saturated carbocycles. The van der Waals surface area contributed by atoms with Crippen LogP contribution in [-0.2, 0) is 11.4 Å². The van der Waals surface area contributed by atoms with Crippen LogP contribution in [0.4, 0.5) is 0 Å². The third-order valence-electron chi connectivity index (χ3n) is 2.49. The van der Waals surface area contributed by atoms with Gasteiger partial charge in [-0.2, -0.15) is 0 Å². The number of nitrogens with one attached hydrogen (secondary N) is 1. The van der Waals surface area contributed by atoms with Crippen LogP contribution in [0.25, 0.3) is 10.9 Å². The van der Waals surface area contributed by atoms with Gasteiger partial charge >= 0.3 is 5.97 Å². The zero-order valence-corrected chi connectivity index (χ0v) is 8.34. The summed E-state index contributed by atoms with van der Waals surface area (Å²) < 4.78 is 0. The third-order valence-corrected chi connectivity index (χ3v) is 2.49. The van der Waals surface area contributed by atoms with Crippen molar-refractivity contribution in [3.8, 4) is 0 Å². The van der Waals surface area contributed by atoms with E-state index in [-0.39, 0.29) is 6.61 Å². The van der Waals surface area contributed by atoms with Gasteiger partial charge in [0.2, 0.25) is 0 Å². The zero-order chi connectivity index (χ0) is 11.7. The number of aromatic amines is 1. The van der Waals surface area contributed by atoms with Crippen LogP contribution in [0.5, 0.6) is 0 Å². The Labute approximate surface area is 91.0 Å². The minimum atomic E-state index is -1.53. The van der Waals surface area contributed by atoms with E-state index in [0.717, 1.165) is 5.56 Å². The average Bonchev–Trinajstić information content (AvgIpc) is 2.70. The van der Waals surface area contributed by atoms with E-state index in [1.807, 2.05) is 0 Å². The van der Waals surface area contributed by atoms with Crippen LogP contribution in [0.15, 0.2) is 24.4 Å². The van der Waals surface area contributed by atoms with Crippen LogP contribution < -0.4 is 0 Å². The first-order valence-electron chi connectivity index (χ1n) is 4.75. The standard InChI is InChI=1S/C11H11NO4/c13-5-6-1-2-7-8(10(14)11(15)16)4-12-9(7)3-6/h1-4,10,12-14H,5H2,(H,15,16). The summed E-state index contributed by atoms with van der Waals surface area (Å²) in [6.07, 6.45) is -0.0707. The first kappa shape index (κ1) is 10.7. The molecule has 16 heavy (non-hydrogen) atoms. The van der Waals surface area contributed by atoms with Crippen LogP contribution in [-0.4, -0.2) is 26.3 Å². The monoisotopic (exact) mass is 221 g/mol. The van der Waals surface area contributed by atoms with Gasteiger partial charge in [0.25, 0.3) is 0 Å². The van der Waals surface area contributed by atoms with Crippen molar-refractivity contribution in [2.75, 3.05) is 0 Å². The molecule has 1 atom stereocenters. The molecule has 5 heteroatoms. The van der Waals surface area contributed by atoms with Crippen molar-refractivity contribution in [2.24, 2.45) is 0 Å². The van der Waals surface area contributed by atoms with E-state index >= 15 is 0 Å². The van der Waals surface area contributed by atoms with Crippen molar-refractivity contribution in [3.63, 3.8) is 0 Å². The molecule has 0 amide bonds. The maximum absolute atomic E-state index is 10.7. The highest BCUT2D eigenvalue weighted by Crippen LogP contribution is 2.25. The van der Waals surface area contributed by atoms with Gasteiger partial charge in [0.15, 0.2) is 6.10 Å². The Hall–Kier alpha value is -1.85. The Bertz CT molecular complexity index is 532. The molecule has 0 bridgehead atoms. The Morgan fingerprint density at radius 2 is 2.19 bits per heavy atom. The lowest BCUT2D eigenvalue weighted by molar-refractivity contribution is -0.146. The molecule has 4 N–H and O–H groups in total. The highest BCUT2D eigenvalue weighted by molar-refractivity contribution is 5.88. The Balaban J connectivity index is 2.53. The summed E-state index contributed by atoms with van der Waals surface area (Å²) in [4.78, 5) is 13.5. The average molecular weight is 221 g/mol. The maximum Gasteiger partial charge on any atom is 0.337 e. The van der Waals surface area contributed by atoms with Gasteiger partial charge in [-0.3, -0.25) is 0 Å². The number of benzene rings is 1. The van der Waals surface area contributed by atoms with E-state index in [1.165, 1.54) is 6.20 Å². The molecule has 2 aromatic rings. The van der Waals surface area contributed by atoms with Gasteiger partial charge in [-0.05, 0) is 11.6 Å². The zero-order valence-electron chi connectivity index (χ0n) is 8.34. The topological polar surface area (TPSA) is 93.5 Å². The van der Waals surface area contributed by atoms with Crippen LogP contribution in [0.3, 0.4) is 0 Å². The van der Waals surface area contributed by atoms with E-state index in [4.69, 9.17) is 10.2 Å². The minimum Gasteiger partial charge on any atom is -0.479 e. The van der Waals surface area contributed by atoms with E-state index in [0.29, 0.717) is 16.5 Å². The fraction of sp³-hybridized carbons (Fsp3) is 0.182. The molecule has 1 aromatic heterocycles. The van der Waals surface area contributed by atoms with E-state index in [1.54, 1.807) is 18.2 Å². The van der Waals surface area contributed by atoms with Crippen molar-refractivity contribution in [2.45, 2.75) is 12.7 Å². The number of rotatable bonds is 3. The van der Waals surface area contributed by atoms with Crippen molar-refractivity contribution < 1.29 is 20.1 Å².